The third-order valence-corrected chi connectivity index (χ3v) is 3.41. The number of pyridine rings is 1. The van der Waals surface area contributed by atoms with Gasteiger partial charge in [0.25, 0.3) is 0 Å². The van der Waals surface area contributed by atoms with Gasteiger partial charge in [-0.25, -0.2) is 4.98 Å². The van der Waals surface area contributed by atoms with Gasteiger partial charge in [0.2, 0.25) is 0 Å². The van der Waals surface area contributed by atoms with Crippen LogP contribution in [0.2, 0.25) is 0 Å². The second-order valence-electron chi connectivity index (χ2n) is 5.38. The second kappa shape index (κ2) is 6.60. The van der Waals surface area contributed by atoms with Crippen LogP contribution in [0.15, 0.2) is 18.3 Å². The van der Waals surface area contributed by atoms with Crippen LogP contribution in [0.4, 0.5) is 0 Å². The van der Waals surface area contributed by atoms with E-state index in [-0.39, 0.29) is 24.5 Å². The number of aromatic nitrogens is 2. The van der Waals surface area contributed by atoms with Crippen molar-refractivity contribution in [3.8, 4) is 5.75 Å². The molecule has 0 fully saturated rings. The number of rotatable bonds is 7. The molecular formula is C16H20N2O4. The van der Waals surface area contributed by atoms with Crippen molar-refractivity contribution in [1.29, 1.82) is 0 Å². The van der Waals surface area contributed by atoms with Crippen LogP contribution in [-0.4, -0.2) is 32.9 Å². The molecule has 0 spiro atoms. The molecular weight excluding hydrogens is 284 g/mol. The molecule has 0 radical (unpaired) electrons. The number of aryl methyl sites for hydroxylation is 1. The van der Waals surface area contributed by atoms with E-state index in [9.17, 15) is 9.59 Å². The summed E-state index contributed by atoms with van der Waals surface area (Å²) in [5, 5.41) is 8.80. The Morgan fingerprint density at radius 1 is 1.41 bits per heavy atom. The average Bonchev–Trinajstić information content (AvgIpc) is 2.75. The molecule has 118 valence electrons. The number of carbonyl (C=O) groups is 2. The normalized spacial score (nSPS) is 12.3. The maximum absolute atomic E-state index is 12.5. The molecule has 22 heavy (non-hydrogen) atoms. The average molecular weight is 304 g/mol. The zero-order chi connectivity index (χ0) is 16.3. The first-order valence-corrected chi connectivity index (χ1v) is 7.29. The lowest BCUT2D eigenvalue weighted by Gasteiger charge is -2.09. The van der Waals surface area contributed by atoms with Gasteiger partial charge in [-0.1, -0.05) is 6.92 Å². The van der Waals surface area contributed by atoms with E-state index in [1.807, 2.05) is 13.0 Å². The number of nitrogens with zero attached hydrogens (tertiary/aromatic N) is 2. The highest BCUT2D eigenvalue weighted by molar-refractivity contribution is 5.97. The first kappa shape index (κ1) is 16.0. The molecule has 0 aromatic carbocycles. The van der Waals surface area contributed by atoms with Gasteiger partial charge in [-0.15, -0.1) is 0 Å². The number of hydrogen-bond acceptors (Lipinski definition) is 4. The van der Waals surface area contributed by atoms with Gasteiger partial charge in [-0.2, -0.15) is 0 Å². The fraction of sp³-hybridized carbons (Fsp3) is 0.438. The number of carboxylic acid groups (broad SMARTS) is 1. The Kier molecular flexibility index (Phi) is 4.80. The number of hydrogen-bond donors (Lipinski definition) is 1. The fourth-order valence-electron chi connectivity index (χ4n) is 2.54. The van der Waals surface area contributed by atoms with Gasteiger partial charge in [0, 0.05) is 19.0 Å². The van der Waals surface area contributed by atoms with Crippen LogP contribution in [0.3, 0.4) is 0 Å². The van der Waals surface area contributed by atoms with Crippen molar-refractivity contribution in [2.75, 3.05) is 6.61 Å². The van der Waals surface area contributed by atoms with Crippen molar-refractivity contribution >= 4 is 17.4 Å². The van der Waals surface area contributed by atoms with E-state index in [0.29, 0.717) is 29.4 Å². The summed E-state index contributed by atoms with van der Waals surface area (Å²) in [4.78, 5) is 27.7. The molecule has 1 atom stereocenters. The minimum atomic E-state index is -0.895. The molecule has 0 amide bonds. The summed E-state index contributed by atoms with van der Waals surface area (Å²) >= 11 is 0. The zero-order valence-corrected chi connectivity index (χ0v) is 13.0. The Labute approximate surface area is 128 Å². The predicted octanol–water partition coefficient (Wildman–Crippen LogP) is 2.73. The van der Waals surface area contributed by atoms with E-state index in [1.54, 1.807) is 30.5 Å². The van der Waals surface area contributed by atoms with Gasteiger partial charge in [-0.3, -0.25) is 14.0 Å². The number of ether oxygens (including phenoxy) is 1. The molecule has 0 aliphatic carbocycles. The lowest BCUT2D eigenvalue weighted by molar-refractivity contribution is -0.137. The molecule has 6 heteroatoms. The molecule has 6 nitrogen and oxygen atoms in total. The van der Waals surface area contributed by atoms with E-state index >= 15 is 0 Å². The molecule has 2 heterocycles. The minimum Gasteiger partial charge on any atom is -0.490 e. The van der Waals surface area contributed by atoms with E-state index in [1.165, 1.54) is 0 Å². The summed E-state index contributed by atoms with van der Waals surface area (Å²) in [5.41, 5.74) is 1.73. The third-order valence-electron chi connectivity index (χ3n) is 3.41. The number of Topliss-reactive ketones (excluding diaryl/α,β-unsaturated/α-hetero) is 1. The monoisotopic (exact) mass is 304 g/mol. The highest BCUT2D eigenvalue weighted by Crippen LogP contribution is 2.24. The quantitative estimate of drug-likeness (QED) is 0.795. The Hall–Kier alpha value is -2.37. The lowest BCUT2D eigenvalue weighted by atomic mass is 9.99. The van der Waals surface area contributed by atoms with E-state index in [4.69, 9.17) is 9.84 Å². The van der Waals surface area contributed by atoms with Crippen LogP contribution in [-0.2, 0) is 4.79 Å². The molecule has 2 aromatic heterocycles. The van der Waals surface area contributed by atoms with Crippen molar-refractivity contribution in [1.82, 2.24) is 9.38 Å². The number of carbonyl (C=O) groups excluding carboxylic acids is 1. The second-order valence-corrected chi connectivity index (χ2v) is 5.38. The first-order valence-electron chi connectivity index (χ1n) is 7.29. The maximum Gasteiger partial charge on any atom is 0.303 e. The Balaban J connectivity index is 2.35. The molecule has 0 saturated heterocycles. The topological polar surface area (TPSA) is 80.9 Å². The standard InChI is InChI=1S/C16H20N2O4/c1-4-22-13-6-5-7-18-15(11(3)17-16(13)18)12(19)8-10(2)9-14(20)21/h5-7,10H,4,8-9H2,1-3H3,(H,20,21)/t10-/m0/s1. The Bertz CT molecular complexity index is 705. The highest BCUT2D eigenvalue weighted by Gasteiger charge is 2.21. The van der Waals surface area contributed by atoms with Gasteiger partial charge in [0.05, 0.1) is 12.3 Å². The molecule has 0 aliphatic rings. The maximum atomic E-state index is 12.5. The summed E-state index contributed by atoms with van der Waals surface area (Å²) in [6.07, 6.45) is 1.93. The van der Waals surface area contributed by atoms with E-state index in [0.717, 1.165) is 0 Å². The SMILES string of the molecule is CCOc1cccn2c(C(=O)C[C@H](C)CC(=O)O)c(C)nc12. The molecule has 0 unspecified atom stereocenters. The van der Waals surface area contributed by atoms with Crippen molar-refractivity contribution < 1.29 is 19.4 Å². The van der Waals surface area contributed by atoms with Crippen molar-refractivity contribution in [2.45, 2.75) is 33.6 Å². The van der Waals surface area contributed by atoms with Crippen LogP contribution < -0.4 is 4.74 Å². The molecule has 0 bridgehead atoms. The van der Waals surface area contributed by atoms with Gasteiger partial charge >= 0.3 is 5.97 Å². The van der Waals surface area contributed by atoms with Crippen LogP contribution in [0.5, 0.6) is 5.75 Å². The lowest BCUT2D eigenvalue weighted by Crippen LogP contribution is -2.13. The van der Waals surface area contributed by atoms with Crippen molar-refractivity contribution in [3.63, 3.8) is 0 Å². The van der Waals surface area contributed by atoms with E-state index in [2.05, 4.69) is 4.98 Å². The molecule has 2 rings (SSSR count). The summed E-state index contributed by atoms with van der Waals surface area (Å²) in [6.45, 7) is 5.94. The van der Waals surface area contributed by atoms with Crippen LogP contribution in [0, 0.1) is 12.8 Å². The van der Waals surface area contributed by atoms with Crippen molar-refractivity contribution in [2.24, 2.45) is 5.92 Å². The zero-order valence-electron chi connectivity index (χ0n) is 13.0. The first-order chi connectivity index (χ1) is 10.4. The fourth-order valence-corrected chi connectivity index (χ4v) is 2.54. The smallest absolute Gasteiger partial charge is 0.303 e. The van der Waals surface area contributed by atoms with Crippen LogP contribution in [0.1, 0.15) is 42.9 Å². The molecule has 0 aliphatic heterocycles. The third kappa shape index (κ3) is 3.27. The largest absolute Gasteiger partial charge is 0.490 e. The summed E-state index contributed by atoms with van der Waals surface area (Å²) < 4.78 is 7.25. The number of carboxylic acids is 1. The number of ketones is 1. The van der Waals surface area contributed by atoms with Crippen LogP contribution in [0.25, 0.3) is 5.65 Å². The minimum absolute atomic E-state index is 0.0221. The summed E-state index contributed by atoms with van der Waals surface area (Å²) in [5.74, 6) is -0.586. The van der Waals surface area contributed by atoms with Gasteiger partial charge in [0.1, 0.15) is 5.69 Å². The van der Waals surface area contributed by atoms with E-state index < -0.39 is 5.97 Å². The number of imidazole rings is 1. The highest BCUT2D eigenvalue weighted by atomic mass is 16.5. The Morgan fingerprint density at radius 2 is 2.14 bits per heavy atom. The van der Waals surface area contributed by atoms with Gasteiger partial charge in [-0.05, 0) is 31.9 Å². The van der Waals surface area contributed by atoms with Gasteiger partial charge in [0.15, 0.2) is 17.2 Å². The Morgan fingerprint density at radius 3 is 2.77 bits per heavy atom. The summed E-state index contributed by atoms with van der Waals surface area (Å²) in [6, 6.07) is 3.61. The molecule has 0 saturated carbocycles. The molecule has 1 N–H and O–H groups in total. The van der Waals surface area contributed by atoms with Gasteiger partial charge < -0.3 is 9.84 Å². The number of aliphatic carboxylic acids is 1. The number of fused-ring (bicyclic) bond motifs is 1. The predicted molar refractivity (Wildman–Crippen MR) is 81.5 cm³/mol. The molecule has 2 aromatic rings. The summed E-state index contributed by atoms with van der Waals surface area (Å²) in [7, 11) is 0. The van der Waals surface area contributed by atoms with Crippen molar-refractivity contribution in [3.05, 3.63) is 29.7 Å². The van der Waals surface area contributed by atoms with Crippen LogP contribution >= 0.6 is 0 Å².